The van der Waals surface area contributed by atoms with Crippen LogP contribution in [0.2, 0.25) is 0 Å². The number of hydrogen-bond acceptors (Lipinski definition) is 6. The average molecular weight is 415 g/mol. The fraction of sp³-hybridized carbons (Fsp3) is 0.667. The maximum atomic E-state index is 5.53. The number of rotatable bonds is 4. The minimum atomic E-state index is 0.782. The van der Waals surface area contributed by atoms with Gasteiger partial charge in [0, 0.05) is 64.8 Å². The highest BCUT2D eigenvalue weighted by Crippen LogP contribution is 2.13. The summed E-state index contributed by atoms with van der Waals surface area (Å²) in [6.45, 7) is 9.15. The van der Waals surface area contributed by atoms with E-state index in [9.17, 15) is 0 Å². The quantitative estimate of drug-likeness (QED) is 0.717. The summed E-state index contributed by atoms with van der Waals surface area (Å²) in [5.74, 6) is 0.782. The molecule has 0 aliphatic carbocycles. The molecule has 2 aliphatic heterocycles. The molecule has 24 heavy (non-hydrogen) atoms. The molecule has 0 unspecified atom stereocenters. The van der Waals surface area contributed by atoms with Gasteiger partial charge in [-0.25, -0.2) is 9.97 Å². The number of hydrogen-bond donors (Lipinski definition) is 1. The lowest BCUT2D eigenvalue weighted by molar-refractivity contribution is 0.0388. The molecule has 3 rings (SSSR count). The summed E-state index contributed by atoms with van der Waals surface area (Å²) < 4.78 is 6.26. The summed E-state index contributed by atoms with van der Waals surface area (Å²) in [7, 11) is 0. The maximum Gasteiger partial charge on any atom is 0.225 e. The molecule has 0 bridgehead atoms. The molecule has 0 spiro atoms. The lowest BCUT2D eigenvalue weighted by Gasteiger charge is -2.36. The fourth-order valence-corrected chi connectivity index (χ4v) is 3.33. The van der Waals surface area contributed by atoms with Crippen molar-refractivity contribution in [3.63, 3.8) is 0 Å². The number of morpholine rings is 1. The van der Waals surface area contributed by atoms with E-state index in [1.54, 1.807) is 12.4 Å². The van der Waals surface area contributed by atoms with Crippen molar-refractivity contribution in [2.24, 2.45) is 0 Å². The van der Waals surface area contributed by atoms with E-state index in [1.165, 1.54) is 0 Å². The van der Waals surface area contributed by atoms with Gasteiger partial charge >= 0.3 is 0 Å². The monoisotopic (exact) mass is 414 g/mol. The van der Waals surface area contributed by atoms with Gasteiger partial charge in [0.2, 0.25) is 5.95 Å². The van der Waals surface area contributed by atoms with Crippen molar-refractivity contribution >= 4 is 39.2 Å². The van der Waals surface area contributed by atoms with Crippen molar-refractivity contribution in [3.8, 4) is 0 Å². The third-order valence-corrected chi connectivity index (χ3v) is 5.08. The molecule has 0 atom stereocenters. The zero-order chi connectivity index (χ0) is 16.8. The van der Waals surface area contributed by atoms with Crippen molar-refractivity contribution < 1.29 is 4.74 Å². The van der Waals surface area contributed by atoms with Gasteiger partial charge in [-0.05, 0) is 28.1 Å². The molecule has 9 heteroatoms. The van der Waals surface area contributed by atoms with Crippen LogP contribution in [0.15, 0.2) is 16.9 Å². The van der Waals surface area contributed by atoms with Crippen molar-refractivity contribution in [2.45, 2.75) is 0 Å². The molecule has 1 N–H and O–H groups in total. The summed E-state index contributed by atoms with van der Waals surface area (Å²) in [6.07, 6.45) is 3.57. The number of anilines is 1. The number of ether oxygens (including phenoxy) is 1. The number of piperazine rings is 1. The first-order valence-electron chi connectivity index (χ1n) is 8.28. The van der Waals surface area contributed by atoms with Gasteiger partial charge in [0.05, 0.1) is 17.7 Å². The molecule has 1 aromatic rings. The molecule has 0 aromatic carbocycles. The van der Waals surface area contributed by atoms with Crippen LogP contribution in [0.25, 0.3) is 0 Å². The van der Waals surface area contributed by atoms with Crippen LogP contribution in [-0.2, 0) is 4.74 Å². The third-order valence-electron chi connectivity index (χ3n) is 4.26. The van der Waals surface area contributed by atoms with E-state index in [1.807, 2.05) is 0 Å². The molecule has 3 heterocycles. The van der Waals surface area contributed by atoms with Crippen LogP contribution in [0.4, 0.5) is 5.95 Å². The summed E-state index contributed by atoms with van der Waals surface area (Å²) in [4.78, 5) is 15.5. The maximum absolute atomic E-state index is 5.53. The number of nitrogens with zero attached hydrogens (tertiary/aromatic N) is 5. The van der Waals surface area contributed by atoms with E-state index < -0.39 is 0 Å². The van der Waals surface area contributed by atoms with E-state index >= 15 is 0 Å². The summed E-state index contributed by atoms with van der Waals surface area (Å²) >= 11 is 8.89. The second-order valence-electron chi connectivity index (χ2n) is 5.86. The van der Waals surface area contributed by atoms with Gasteiger partial charge in [0.15, 0.2) is 5.11 Å². The molecule has 0 amide bonds. The zero-order valence-corrected chi connectivity index (χ0v) is 16.1. The van der Waals surface area contributed by atoms with E-state index in [4.69, 9.17) is 17.0 Å². The lowest BCUT2D eigenvalue weighted by Crippen LogP contribution is -2.53. The van der Waals surface area contributed by atoms with Crippen molar-refractivity contribution in [1.29, 1.82) is 0 Å². The van der Waals surface area contributed by atoms with E-state index in [0.29, 0.717) is 0 Å². The average Bonchev–Trinajstić information content (AvgIpc) is 2.63. The Balaban J connectivity index is 1.37. The number of nitrogens with one attached hydrogen (secondary N) is 1. The predicted octanol–water partition coefficient (Wildman–Crippen LogP) is 0.568. The largest absolute Gasteiger partial charge is 0.379 e. The van der Waals surface area contributed by atoms with Crippen LogP contribution >= 0.6 is 28.1 Å². The van der Waals surface area contributed by atoms with E-state index in [-0.39, 0.29) is 0 Å². The van der Waals surface area contributed by atoms with Crippen LogP contribution in [0.5, 0.6) is 0 Å². The Hall–Kier alpha value is -1.03. The van der Waals surface area contributed by atoms with E-state index in [0.717, 1.165) is 81.1 Å². The van der Waals surface area contributed by atoms with Crippen molar-refractivity contribution in [3.05, 3.63) is 16.9 Å². The second kappa shape index (κ2) is 8.89. The Morgan fingerprint density at radius 3 is 2.46 bits per heavy atom. The molecule has 1 aromatic heterocycles. The smallest absolute Gasteiger partial charge is 0.225 e. The number of thiocarbonyl (C=S) groups is 1. The summed E-state index contributed by atoms with van der Waals surface area (Å²) in [6, 6.07) is 0. The SMILES string of the molecule is S=C(NCCN1CCOCC1)N1CCN(c2ncc(Br)cn2)CC1. The number of aromatic nitrogens is 2. The standard InChI is InChI=1S/C15H23BrN6OS/c16-13-11-18-14(19-12-13)21-3-5-22(6-4-21)15(24)17-1-2-20-7-9-23-10-8-20/h11-12H,1-10H2,(H,17,24). The van der Waals surface area contributed by atoms with Gasteiger partial charge in [-0.1, -0.05) is 0 Å². The summed E-state index contributed by atoms with van der Waals surface area (Å²) in [5, 5.41) is 4.23. The van der Waals surface area contributed by atoms with Gasteiger partial charge in [-0.2, -0.15) is 0 Å². The van der Waals surface area contributed by atoms with Crippen molar-refractivity contribution in [2.75, 3.05) is 70.5 Å². The van der Waals surface area contributed by atoms with Crippen LogP contribution in [0.3, 0.4) is 0 Å². The minimum absolute atomic E-state index is 0.782. The molecule has 2 aliphatic rings. The molecule has 2 fully saturated rings. The molecular formula is C15H23BrN6OS. The molecule has 132 valence electrons. The van der Waals surface area contributed by atoms with Gasteiger partial charge in [-0.3, -0.25) is 4.90 Å². The molecule has 0 radical (unpaired) electrons. The van der Waals surface area contributed by atoms with Crippen LogP contribution in [0.1, 0.15) is 0 Å². The van der Waals surface area contributed by atoms with Crippen LogP contribution < -0.4 is 10.2 Å². The second-order valence-corrected chi connectivity index (χ2v) is 7.16. The third kappa shape index (κ3) is 4.98. The lowest BCUT2D eigenvalue weighted by atomic mass is 10.3. The first-order chi connectivity index (χ1) is 11.7. The topological polar surface area (TPSA) is 56.8 Å². The summed E-state index contributed by atoms with van der Waals surface area (Å²) in [5.41, 5.74) is 0. The molecule has 7 nitrogen and oxygen atoms in total. The highest BCUT2D eigenvalue weighted by Gasteiger charge is 2.20. The Kier molecular flexibility index (Phi) is 6.59. The van der Waals surface area contributed by atoms with Gasteiger partial charge < -0.3 is 19.9 Å². The Bertz CT molecular complexity index is 531. The fourth-order valence-electron chi connectivity index (χ4n) is 2.84. The first-order valence-corrected chi connectivity index (χ1v) is 9.48. The van der Waals surface area contributed by atoms with Crippen LogP contribution in [0, 0.1) is 0 Å². The van der Waals surface area contributed by atoms with E-state index in [2.05, 4.69) is 45.9 Å². The van der Waals surface area contributed by atoms with Gasteiger partial charge in [0.1, 0.15) is 0 Å². The first kappa shape index (κ1) is 17.8. The number of halogens is 1. The van der Waals surface area contributed by atoms with Crippen LogP contribution in [-0.4, -0.2) is 90.5 Å². The highest BCUT2D eigenvalue weighted by molar-refractivity contribution is 9.10. The Labute approximate surface area is 156 Å². The minimum Gasteiger partial charge on any atom is -0.379 e. The van der Waals surface area contributed by atoms with Crippen molar-refractivity contribution in [1.82, 2.24) is 25.1 Å². The highest BCUT2D eigenvalue weighted by atomic mass is 79.9. The normalized spacial score (nSPS) is 19.4. The Morgan fingerprint density at radius 2 is 1.79 bits per heavy atom. The van der Waals surface area contributed by atoms with Gasteiger partial charge in [0.25, 0.3) is 0 Å². The predicted molar refractivity (Wildman–Crippen MR) is 101 cm³/mol. The Morgan fingerprint density at radius 1 is 1.12 bits per heavy atom. The molecular weight excluding hydrogens is 392 g/mol. The zero-order valence-electron chi connectivity index (χ0n) is 13.7. The molecule has 2 saturated heterocycles. The van der Waals surface area contributed by atoms with Gasteiger partial charge in [-0.15, -0.1) is 0 Å². The molecule has 0 saturated carbocycles.